The number of hydrogen-bond donors (Lipinski definition) is 3. The van der Waals surface area contributed by atoms with Crippen LogP contribution in [-0.2, 0) is 0 Å². The molecule has 102 valence electrons. The van der Waals surface area contributed by atoms with Crippen molar-refractivity contribution in [2.45, 2.75) is 45.1 Å². The van der Waals surface area contributed by atoms with Gasteiger partial charge in [-0.1, -0.05) is 31.9 Å². The molecule has 0 aliphatic rings. The highest BCUT2D eigenvalue weighted by Crippen LogP contribution is 2.19. The van der Waals surface area contributed by atoms with Gasteiger partial charge in [-0.15, -0.1) is 0 Å². The van der Waals surface area contributed by atoms with Gasteiger partial charge in [0.1, 0.15) is 5.75 Å². The third kappa shape index (κ3) is 5.52. The molecule has 0 spiro atoms. The molecular weight excluding hydrogens is 226 g/mol. The van der Waals surface area contributed by atoms with Crippen LogP contribution < -0.4 is 5.32 Å². The second-order valence-corrected chi connectivity index (χ2v) is 4.64. The Morgan fingerprint density at radius 2 is 1.72 bits per heavy atom. The van der Waals surface area contributed by atoms with Gasteiger partial charge in [0, 0.05) is 12.6 Å². The number of rotatable bonds is 9. The minimum Gasteiger partial charge on any atom is -0.508 e. The topological polar surface area (TPSA) is 52.5 Å². The van der Waals surface area contributed by atoms with E-state index in [0.29, 0.717) is 18.4 Å². The first-order valence-electron chi connectivity index (χ1n) is 6.91. The second kappa shape index (κ2) is 8.95. The Morgan fingerprint density at radius 3 is 2.33 bits per heavy atom. The van der Waals surface area contributed by atoms with Gasteiger partial charge >= 0.3 is 0 Å². The maximum Gasteiger partial charge on any atom is 0.115 e. The fourth-order valence-corrected chi connectivity index (χ4v) is 2.07. The minimum absolute atomic E-state index is 0.304. The number of nitrogens with one attached hydrogen (secondary N) is 1. The number of phenols is 1. The second-order valence-electron chi connectivity index (χ2n) is 4.64. The van der Waals surface area contributed by atoms with E-state index < -0.39 is 0 Å². The van der Waals surface area contributed by atoms with Gasteiger partial charge in [-0.25, -0.2) is 0 Å². The average molecular weight is 251 g/mol. The Bertz CT molecular complexity index is 311. The first kappa shape index (κ1) is 15.0. The van der Waals surface area contributed by atoms with Crippen molar-refractivity contribution >= 4 is 0 Å². The van der Waals surface area contributed by atoms with Crippen LogP contribution in [0.2, 0.25) is 0 Å². The van der Waals surface area contributed by atoms with Gasteiger partial charge in [0.15, 0.2) is 0 Å². The van der Waals surface area contributed by atoms with Crippen molar-refractivity contribution in [2.24, 2.45) is 0 Å². The van der Waals surface area contributed by atoms with Crippen LogP contribution >= 0.6 is 0 Å². The van der Waals surface area contributed by atoms with Crippen molar-refractivity contribution in [3.63, 3.8) is 0 Å². The molecule has 1 atom stereocenters. The summed E-state index contributed by atoms with van der Waals surface area (Å²) in [7, 11) is 0. The number of hydrogen-bond acceptors (Lipinski definition) is 3. The Morgan fingerprint density at radius 1 is 1.06 bits per heavy atom. The van der Waals surface area contributed by atoms with Gasteiger partial charge < -0.3 is 15.5 Å². The summed E-state index contributed by atoms with van der Waals surface area (Å²) in [6.07, 6.45) is 5.37. The molecule has 0 aromatic heterocycles. The molecule has 0 aliphatic heterocycles. The number of aromatic hydroxyl groups is 1. The summed E-state index contributed by atoms with van der Waals surface area (Å²) >= 11 is 0. The molecule has 18 heavy (non-hydrogen) atoms. The molecule has 1 aromatic rings. The largest absolute Gasteiger partial charge is 0.508 e. The Balaban J connectivity index is 2.27. The predicted molar refractivity (Wildman–Crippen MR) is 74.7 cm³/mol. The van der Waals surface area contributed by atoms with E-state index in [2.05, 4.69) is 12.2 Å². The van der Waals surface area contributed by atoms with Crippen LogP contribution in [0, 0.1) is 0 Å². The molecule has 3 heteroatoms. The van der Waals surface area contributed by atoms with Gasteiger partial charge in [0.2, 0.25) is 0 Å². The Kier molecular flexibility index (Phi) is 7.46. The van der Waals surface area contributed by atoms with Crippen molar-refractivity contribution in [1.82, 2.24) is 5.32 Å². The van der Waals surface area contributed by atoms with Crippen molar-refractivity contribution in [3.8, 4) is 5.75 Å². The van der Waals surface area contributed by atoms with Crippen molar-refractivity contribution in [1.29, 1.82) is 0 Å². The standard InChI is InChI=1S/C15H25NO2/c1-2-15(13-7-9-14(18)10-8-13)16-11-5-3-4-6-12-17/h7-10,15-18H,2-6,11-12H2,1H3. The van der Waals surface area contributed by atoms with E-state index in [1.807, 2.05) is 12.1 Å². The number of aliphatic hydroxyl groups excluding tert-OH is 1. The lowest BCUT2D eigenvalue weighted by Gasteiger charge is -2.17. The van der Waals surface area contributed by atoms with Crippen LogP contribution in [0.25, 0.3) is 0 Å². The summed E-state index contributed by atoms with van der Waals surface area (Å²) in [6, 6.07) is 7.79. The quantitative estimate of drug-likeness (QED) is 0.591. The molecule has 1 rings (SSSR count). The van der Waals surface area contributed by atoms with Gasteiger partial charge in [-0.2, -0.15) is 0 Å². The zero-order valence-corrected chi connectivity index (χ0v) is 11.2. The van der Waals surface area contributed by atoms with Crippen molar-refractivity contribution in [3.05, 3.63) is 29.8 Å². The molecule has 0 saturated carbocycles. The smallest absolute Gasteiger partial charge is 0.115 e. The maximum absolute atomic E-state index is 9.27. The molecule has 3 N–H and O–H groups in total. The van der Waals surface area contributed by atoms with Crippen LogP contribution in [0.1, 0.15) is 50.6 Å². The van der Waals surface area contributed by atoms with Crippen LogP contribution in [-0.4, -0.2) is 23.4 Å². The van der Waals surface area contributed by atoms with E-state index in [4.69, 9.17) is 5.11 Å². The molecule has 0 amide bonds. The summed E-state index contributed by atoms with van der Waals surface area (Å²) in [5.41, 5.74) is 1.23. The Hall–Kier alpha value is -1.06. The van der Waals surface area contributed by atoms with E-state index in [-0.39, 0.29) is 0 Å². The summed E-state index contributed by atoms with van der Waals surface area (Å²) in [6.45, 7) is 3.47. The third-order valence-corrected chi connectivity index (χ3v) is 3.18. The summed E-state index contributed by atoms with van der Waals surface area (Å²) < 4.78 is 0. The lowest BCUT2D eigenvalue weighted by Crippen LogP contribution is -2.21. The van der Waals surface area contributed by atoms with E-state index in [9.17, 15) is 5.11 Å². The lowest BCUT2D eigenvalue weighted by molar-refractivity contribution is 0.282. The normalized spacial score (nSPS) is 12.6. The summed E-state index contributed by atoms with van der Waals surface area (Å²) in [5.74, 6) is 0.317. The maximum atomic E-state index is 9.27. The molecule has 1 unspecified atom stereocenters. The van der Waals surface area contributed by atoms with Gasteiger partial charge in [0.05, 0.1) is 0 Å². The zero-order chi connectivity index (χ0) is 13.2. The molecule has 0 saturated heterocycles. The molecule has 0 heterocycles. The molecule has 0 fully saturated rings. The van der Waals surface area contributed by atoms with Crippen LogP contribution in [0.3, 0.4) is 0 Å². The van der Waals surface area contributed by atoms with E-state index in [1.165, 1.54) is 12.0 Å². The summed E-state index contributed by atoms with van der Waals surface area (Å²) in [4.78, 5) is 0. The van der Waals surface area contributed by atoms with Crippen molar-refractivity contribution < 1.29 is 10.2 Å². The van der Waals surface area contributed by atoms with Gasteiger partial charge in [-0.3, -0.25) is 0 Å². The van der Waals surface area contributed by atoms with Crippen LogP contribution in [0.4, 0.5) is 0 Å². The lowest BCUT2D eigenvalue weighted by atomic mass is 10.0. The molecule has 3 nitrogen and oxygen atoms in total. The van der Waals surface area contributed by atoms with E-state index in [0.717, 1.165) is 32.2 Å². The van der Waals surface area contributed by atoms with E-state index in [1.54, 1.807) is 12.1 Å². The predicted octanol–water partition coefficient (Wildman–Crippen LogP) is 2.99. The average Bonchev–Trinajstić information content (AvgIpc) is 2.39. The number of unbranched alkanes of at least 4 members (excludes halogenated alkanes) is 3. The number of phenolic OH excluding ortho intramolecular Hbond substituents is 1. The highest BCUT2D eigenvalue weighted by Gasteiger charge is 2.07. The molecule has 0 radical (unpaired) electrons. The zero-order valence-electron chi connectivity index (χ0n) is 11.2. The first-order chi connectivity index (χ1) is 8.77. The van der Waals surface area contributed by atoms with Crippen molar-refractivity contribution in [2.75, 3.05) is 13.2 Å². The van der Waals surface area contributed by atoms with E-state index >= 15 is 0 Å². The molecule has 0 bridgehead atoms. The van der Waals surface area contributed by atoms with Crippen LogP contribution in [0.15, 0.2) is 24.3 Å². The molecule has 0 aliphatic carbocycles. The molecular formula is C15H25NO2. The number of aliphatic hydroxyl groups is 1. The molecule has 1 aromatic carbocycles. The van der Waals surface area contributed by atoms with Crippen LogP contribution in [0.5, 0.6) is 5.75 Å². The fourth-order valence-electron chi connectivity index (χ4n) is 2.07. The SMILES string of the molecule is CCC(NCCCCCCO)c1ccc(O)cc1. The summed E-state index contributed by atoms with van der Waals surface area (Å²) in [5, 5.41) is 21.5. The third-order valence-electron chi connectivity index (χ3n) is 3.18. The fraction of sp³-hybridized carbons (Fsp3) is 0.600. The highest BCUT2D eigenvalue weighted by molar-refractivity contribution is 5.27. The monoisotopic (exact) mass is 251 g/mol. The number of benzene rings is 1. The Labute approximate surface area is 110 Å². The minimum atomic E-state index is 0.304. The first-order valence-corrected chi connectivity index (χ1v) is 6.91. The van der Waals surface area contributed by atoms with Gasteiger partial charge in [-0.05, 0) is 43.5 Å². The van der Waals surface area contributed by atoms with Gasteiger partial charge in [0.25, 0.3) is 0 Å². The highest BCUT2D eigenvalue weighted by atomic mass is 16.3.